The Labute approximate surface area is 199 Å². The number of anilines is 1. The van der Waals surface area contributed by atoms with Gasteiger partial charge in [0.05, 0.1) is 11.5 Å². The van der Waals surface area contributed by atoms with Crippen LogP contribution in [0.5, 0.6) is 5.75 Å². The molecule has 1 fully saturated rings. The first-order valence-corrected chi connectivity index (χ1v) is 12.0. The highest BCUT2D eigenvalue weighted by Crippen LogP contribution is 2.32. The molecule has 0 unspecified atom stereocenters. The normalized spacial score (nSPS) is 14.8. The molecule has 0 aliphatic carbocycles. The van der Waals surface area contributed by atoms with E-state index in [0.29, 0.717) is 28.8 Å². The van der Waals surface area contributed by atoms with Gasteiger partial charge in [-0.15, -0.1) is 0 Å². The smallest absolute Gasteiger partial charge is 0.266 e. The molecule has 0 atom stereocenters. The number of aryl methyl sites for hydroxylation is 1. The molecule has 3 rings (SSSR count). The summed E-state index contributed by atoms with van der Waals surface area (Å²) < 4.78 is 6.00. The summed E-state index contributed by atoms with van der Waals surface area (Å²) in [5.74, 6) is 0.740. The Balaban J connectivity index is 1.38. The second-order valence-electron chi connectivity index (χ2n) is 7.56. The summed E-state index contributed by atoms with van der Waals surface area (Å²) in [7, 11) is 0. The molecule has 7 heteroatoms. The lowest BCUT2D eigenvalue weighted by Gasteiger charge is -2.14. The topological polar surface area (TPSA) is 58.6 Å². The lowest BCUT2D eigenvalue weighted by Crippen LogP contribution is -2.29. The van der Waals surface area contributed by atoms with Crippen molar-refractivity contribution < 1.29 is 14.3 Å². The molecule has 2 amide bonds. The number of carbonyl (C=O) groups is 2. The Morgan fingerprint density at radius 1 is 1.09 bits per heavy atom. The van der Waals surface area contributed by atoms with E-state index in [-0.39, 0.29) is 11.8 Å². The Hall–Kier alpha value is -2.64. The Bertz CT molecular complexity index is 985. The largest absolute Gasteiger partial charge is 0.494 e. The minimum atomic E-state index is -0.0335. The molecule has 2 aromatic rings. The molecule has 0 spiro atoms. The van der Waals surface area contributed by atoms with Crippen molar-refractivity contribution in [1.29, 1.82) is 0 Å². The molecule has 5 nitrogen and oxygen atoms in total. The number of thiocarbonyl (C=S) groups is 1. The SMILES string of the molecule is CCOc1ccc(NC(=O)CCCCCN2C(=O)C(=Cc3ccc(C)cc3)SC2=S)cc1. The van der Waals surface area contributed by atoms with Gasteiger partial charge in [-0.3, -0.25) is 14.5 Å². The van der Waals surface area contributed by atoms with Gasteiger partial charge in [0.25, 0.3) is 5.91 Å². The van der Waals surface area contributed by atoms with Gasteiger partial charge >= 0.3 is 0 Å². The van der Waals surface area contributed by atoms with Crippen molar-refractivity contribution in [3.8, 4) is 5.75 Å². The second kappa shape index (κ2) is 11.8. The highest BCUT2D eigenvalue weighted by atomic mass is 32.2. The maximum Gasteiger partial charge on any atom is 0.266 e. The number of hydrogen-bond donors (Lipinski definition) is 1. The highest BCUT2D eigenvalue weighted by Gasteiger charge is 2.31. The van der Waals surface area contributed by atoms with Crippen LogP contribution >= 0.6 is 24.0 Å². The zero-order valence-electron chi connectivity index (χ0n) is 18.4. The van der Waals surface area contributed by atoms with E-state index in [0.717, 1.165) is 36.3 Å². The summed E-state index contributed by atoms with van der Waals surface area (Å²) in [5.41, 5.74) is 2.94. The summed E-state index contributed by atoms with van der Waals surface area (Å²) >= 11 is 6.75. The number of hydrogen-bond acceptors (Lipinski definition) is 5. The fourth-order valence-corrected chi connectivity index (χ4v) is 4.57. The van der Waals surface area contributed by atoms with E-state index in [1.807, 2.05) is 68.5 Å². The quantitative estimate of drug-likeness (QED) is 0.272. The van der Waals surface area contributed by atoms with E-state index < -0.39 is 0 Å². The molecule has 0 radical (unpaired) electrons. The van der Waals surface area contributed by atoms with Crippen LogP contribution in [0.4, 0.5) is 5.69 Å². The van der Waals surface area contributed by atoms with Crippen molar-refractivity contribution in [3.05, 3.63) is 64.6 Å². The molecule has 168 valence electrons. The number of ether oxygens (including phenoxy) is 1. The van der Waals surface area contributed by atoms with Crippen LogP contribution in [0, 0.1) is 6.92 Å². The van der Waals surface area contributed by atoms with E-state index in [1.54, 1.807) is 4.90 Å². The number of benzene rings is 2. The van der Waals surface area contributed by atoms with Crippen molar-refractivity contribution in [1.82, 2.24) is 4.90 Å². The minimum Gasteiger partial charge on any atom is -0.494 e. The standard InChI is InChI=1S/C25H28N2O3S2/c1-3-30-21-14-12-20(13-15-21)26-23(28)7-5-4-6-16-27-24(29)22(32-25(27)31)17-19-10-8-18(2)9-11-19/h8-15,17H,3-7,16H2,1-2H3,(H,26,28). The van der Waals surface area contributed by atoms with Gasteiger partial charge in [0.15, 0.2) is 0 Å². The maximum atomic E-state index is 12.7. The van der Waals surface area contributed by atoms with Crippen molar-refractivity contribution in [2.45, 2.75) is 39.5 Å². The molecule has 1 saturated heterocycles. The first-order valence-electron chi connectivity index (χ1n) is 10.8. The van der Waals surface area contributed by atoms with Gasteiger partial charge in [-0.25, -0.2) is 0 Å². The molecule has 32 heavy (non-hydrogen) atoms. The predicted octanol–water partition coefficient (Wildman–Crippen LogP) is 5.79. The molecule has 0 saturated carbocycles. The first kappa shape index (κ1) is 24.0. The van der Waals surface area contributed by atoms with Gasteiger partial charge < -0.3 is 10.1 Å². The van der Waals surface area contributed by atoms with Crippen LogP contribution in [0.15, 0.2) is 53.4 Å². The van der Waals surface area contributed by atoms with Gasteiger partial charge in [0.2, 0.25) is 5.91 Å². The van der Waals surface area contributed by atoms with E-state index in [4.69, 9.17) is 17.0 Å². The summed E-state index contributed by atoms with van der Waals surface area (Å²) in [6.45, 7) is 5.16. The average Bonchev–Trinajstić information content (AvgIpc) is 3.04. The number of nitrogens with zero attached hydrogens (tertiary/aromatic N) is 1. The van der Waals surface area contributed by atoms with Crippen molar-refractivity contribution in [2.75, 3.05) is 18.5 Å². The zero-order chi connectivity index (χ0) is 22.9. The average molecular weight is 469 g/mol. The zero-order valence-corrected chi connectivity index (χ0v) is 20.1. The van der Waals surface area contributed by atoms with Crippen molar-refractivity contribution >= 4 is 51.9 Å². The Morgan fingerprint density at radius 3 is 2.50 bits per heavy atom. The monoisotopic (exact) mass is 468 g/mol. The van der Waals surface area contributed by atoms with Crippen LogP contribution in [0.1, 0.15) is 43.7 Å². The van der Waals surface area contributed by atoms with Crippen LogP contribution in [-0.4, -0.2) is 34.2 Å². The van der Waals surface area contributed by atoms with Gasteiger partial charge in [-0.1, -0.05) is 60.2 Å². The molecule has 1 aliphatic heterocycles. The number of unbranched alkanes of at least 4 members (excludes halogenated alkanes) is 2. The Morgan fingerprint density at radius 2 is 1.81 bits per heavy atom. The van der Waals surface area contributed by atoms with Gasteiger partial charge in [-0.2, -0.15) is 0 Å². The molecule has 1 heterocycles. The number of nitrogens with one attached hydrogen (secondary N) is 1. The molecule has 1 aliphatic rings. The third kappa shape index (κ3) is 6.93. The van der Waals surface area contributed by atoms with Gasteiger partial charge in [-0.05, 0) is 62.6 Å². The summed E-state index contributed by atoms with van der Waals surface area (Å²) in [6, 6.07) is 15.4. The third-order valence-corrected chi connectivity index (χ3v) is 6.36. The second-order valence-corrected chi connectivity index (χ2v) is 9.24. The van der Waals surface area contributed by atoms with E-state index in [9.17, 15) is 9.59 Å². The fourth-order valence-electron chi connectivity index (χ4n) is 3.26. The number of rotatable bonds is 10. The lowest BCUT2D eigenvalue weighted by atomic mass is 10.1. The van der Waals surface area contributed by atoms with E-state index >= 15 is 0 Å². The number of amides is 2. The number of carbonyl (C=O) groups excluding carboxylic acids is 2. The van der Waals surface area contributed by atoms with Crippen molar-refractivity contribution in [3.63, 3.8) is 0 Å². The third-order valence-electron chi connectivity index (χ3n) is 4.98. The van der Waals surface area contributed by atoms with Crippen LogP contribution < -0.4 is 10.1 Å². The van der Waals surface area contributed by atoms with Gasteiger partial charge in [0, 0.05) is 18.7 Å². The van der Waals surface area contributed by atoms with Crippen molar-refractivity contribution in [2.24, 2.45) is 0 Å². The van der Waals surface area contributed by atoms with Gasteiger partial charge in [0.1, 0.15) is 10.1 Å². The lowest BCUT2D eigenvalue weighted by molar-refractivity contribution is -0.122. The highest BCUT2D eigenvalue weighted by molar-refractivity contribution is 8.26. The molecule has 1 N–H and O–H groups in total. The summed E-state index contributed by atoms with van der Waals surface area (Å²) in [5, 5.41) is 2.90. The summed E-state index contributed by atoms with van der Waals surface area (Å²) in [4.78, 5) is 27.2. The van der Waals surface area contributed by atoms with Crippen LogP contribution in [0.3, 0.4) is 0 Å². The maximum absolute atomic E-state index is 12.7. The molecular formula is C25H28N2O3S2. The molecule has 2 aromatic carbocycles. The molecular weight excluding hydrogens is 440 g/mol. The fraction of sp³-hybridized carbons (Fsp3) is 0.320. The Kier molecular flexibility index (Phi) is 8.88. The van der Waals surface area contributed by atoms with Crippen LogP contribution in [0.2, 0.25) is 0 Å². The van der Waals surface area contributed by atoms with Crippen LogP contribution in [-0.2, 0) is 9.59 Å². The molecule has 0 aromatic heterocycles. The summed E-state index contributed by atoms with van der Waals surface area (Å²) in [6.07, 6.45) is 4.76. The molecule has 0 bridgehead atoms. The van der Waals surface area contributed by atoms with E-state index in [2.05, 4.69) is 5.32 Å². The first-order chi connectivity index (χ1) is 15.5. The minimum absolute atomic E-state index is 0.0131. The predicted molar refractivity (Wildman–Crippen MR) is 136 cm³/mol. The van der Waals surface area contributed by atoms with Crippen LogP contribution in [0.25, 0.3) is 6.08 Å². The van der Waals surface area contributed by atoms with E-state index in [1.165, 1.54) is 17.3 Å². The number of thioether (sulfide) groups is 1.